The molecule has 0 aromatic heterocycles. The molecular weight excluding hydrogens is 1430 g/mol. The summed E-state index contributed by atoms with van der Waals surface area (Å²) in [5, 5.41) is 10.7. The number of phosphoric acid groups is 2. The minimum Gasteiger partial charge on any atom is -0.462 e. The van der Waals surface area contributed by atoms with E-state index in [-0.39, 0.29) is 25.7 Å². The highest BCUT2D eigenvalue weighted by molar-refractivity contribution is 7.47. The molecule has 3 N–H and O–H groups in total. The van der Waals surface area contributed by atoms with E-state index in [4.69, 9.17) is 37.0 Å². The lowest BCUT2D eigenvalue weighted by Gasteiger charge is -2.21. The van der Waals surface area contributed by atoms with Gasteiger partial charge >= 0.3 is 39.5 Å². The first kappa shape index (κ1) is 108. The molecule has 0 aliphatic heterocycles. The lowest BCUT2D eigenvalue weighted by Crippen LogP contribution is -2.30. The Labute approximate surface area is 675 Å². The number of rotatable bonds is 87. The van der Waals surface area contributed by atoms with E-state index in [1.807, 2.05) is 0 Å². The molecule has 0 aliphatic rings. The summed E-state index contributed by atoms with van der Waals surface area (Å²) < 4.78 is 69.0. The highest BCUT2D eigenvalue weighted by Gasteiger charge is 2.31. The fourth-order valence-electron chi connectivity index (χ4n) is 13.6. The normalized spacial score (nSPS) is 14.4. The van der Waals surface area contributed by atoms with Crippen LogP contribution in [0.5, 0.6) is 0 Å². The third-order valence-electron chi connectivity index (χ3n) is 21.5. The summed E-state index contributed by atoms with van der Waals surface area (Å²) in [7, 11) is -9.95. The van der Waals surface area contributed by atoms with Crippen molar-refractivity contribution in [3.63, 3.8) is 0 Å². The Hall–Kier alpha value is -2.46. The number of esters is 4. The van der Waals surface area contributed by atoms with Gasteiger partial charge in [0, 0.05) is 25.7 Å². The maximum absolute atomic E-state index is 13.2. The Morgan fingerprint density at radius 3 is 0.809 bits per heavy atom. The van der Waals surface area contributed by atoms with Crippen molar-refractivity contribution in [1.29, 1.82) is 0 Å². The largest absolute Gasteiger partial charge is 0.472 e. The molecule has 0 radical (unpaired) electrons. The van der Waals surface area contributed by atoms with E-state index < -0.39 is 97.5 Å². The van der Waals surface area contributed by atoms with E-state index in [1.165, 1.54) is 257 Å². The molecule has 0 saturated heterocycles. The van der Waals surface area contributed by atoms with Gasteiger partial charge in [0.2, 0.25) is 0 Å². The van der Waals surface area contributed by atoms with E-state index in [0.29, 0.717) is 25.7 Å². The van der Waals surface area contributed by atoms with Crippen LogP contribution in [-0.4, -0.2) is 96.7 Å². The van der Waals surface area contributed by atoms with Crippen molar-refractivity contribution in [3.05, 3.63) is 24.3 Å². The van der Waals surface area contributed by atoms with Crippen molar-refractivity contribution < 1.29 is 80.2 Å². The lowest BCUT2D eigenvalue weighted by atomic mass is 9.99. The molecule has 7 atom stereocenters. The second-order valence-electron chi connectivity index (χ2n) is 33.0. The highest BCUT2D eigenvalue weighted by Crippen LogP contribution is 2.45. The molecule has 4 unspecified atom stereocenters. The Morgan fingerprint density at radius 2 is 0.536 bits per heavy atom. The Kier molecular flexibility index (Phi) is 78.5. The standard InChI is InChI=1S/C91H174O17P2/c1-8-11-12-13-14-15-16-17-26-34-39-44-53-60-67-74-91(96)108-87(79-102-89(94)73-66-59-52-47-46-50-57-64-71-84(7)10-3)81-106-110(99,100)104-77-85(92)76-103-109(97,98)105-80-86(78-101-88(93)72-65-58-51-43-38-33-29-24-20-18-22-27-31-36-41-48-55-62-69-82(4)5)107-90(95)75-68-61-54-45-40-35-30-25-21-19-23-28-32-37-42-49-56-63-70-83(6)9-2/h15-17,26,82-87,92H,8-14,18-25,27-81H2,1-7H3,(H,97,98)(H,99,100)/b16-15-,26-17-/t83?,84?,85-,86-,87-/m1/s1. The maximum Gasteiger partial charge on any atom is 0.472 e. The van der Waals surface area contributed by atoms with E-state index >= 15 is 0 Å². The van der Waals surface area contributed by atoms with Crippen LogP contribution < -0.4 is 0 Å². The monoisotopic (exact) mass is 1600 g/mol. The van der Waals surface area contributed by atoms with E-state index in [2.05, 4.69) is 72.8 Å². The van der Waals surface area contributed by atoms with Gasteiger partial charge in [-0.15, -0.1) is 0 Å². The molecule has 0 fully saturated rings. The van der Waals surface area contributed by atoms with Crippen LogP contribution in [0, 0.1) is 17.8 Å². The summed E-state index contributed by atoms with van der Waals surface area (Å²) in [6, 6.07) is 0. The van der Waals surface area contributed by atoms with E-state index in [0.717, 1.165) is 120 Å². The van der Waals surface area contributed by atoms with Crippen LogP contribution in [0.4, 0.5) is 0 Å². The molecule has 19 heteroatoms. The Morgan fingerprint density at radius 1 is 0.300 bits per heavy atom. The maximum atomic E-state index is 13.2. The van der Waals surface area contributed by atoms with Crippen LogP contribution in [0.2, 0.25) is 0 Å². The van der Waals surface area contributed by atoms with Crippen LogP contribution in [0.25, 0.3) is 0 Å². The van der Waals surface area contributed by atoms with Gasteiger partial charge in [0.25, 0.3) is 0 Å². The number of hydrogen-bond acceptors (Lipinski definition) is 15. The molecule has 0 bridgehead atoms. The first-order valence-electron chi connectivity index (χ1n) is 46.2. The lowest BCUT2D eigenvalue weighted by molar-refractivity contribution is -0.161. The molecule has 0 saturated carbocycles. The number of phosphoric ester groups is 2. The Balaban J connectivity index is 5.27. The minimum absolute atomic E-state index is 0.0847. The van der Waals surface area contributed by atoms with Crippen LogP contribution in [-0.2, 0) is 65.4 Å². The number of carbonyl (C=O) groups is 4. The van der Waals surface area contributed by atoms with Gasteiger partial charge in [-0.1, -0.05) is 407 Å². The number of aliphatic hydroxyl groups excluding tert-OH is 1. The van der Waals surface area contributed by atoms with Crippen LogP contribution >= 0.6 is 15.6 Å². The summed E-state index contributed by atoms with van der Waals surface area (Å²) >= 11 is 0. The fraction of sp³-hybridized carbons (Fsp3) is 0.912. The number of ether oxygens (including phenoxy) is 4. The fourth-order valence-corrected chi connectivity index (χ4v) is 15.2. The zero-order valence-electron chi connectivity index (χ0n) is 72.2. The van der Waals surface area contributed by atoms with Crippen molar-refractivity contribution in [2.75, 3.05) is 39.6 Å². The quantitative estimate of drug-likeness (QED) is 0.0169. The number of unbranched alkanes of at least 4 members (excludes halogenated alkanes) is 50. The van der Waals surface area contributed by atoms with Crippen molar-refractivity contribution in [3.8, 4) is 0 Å². The zero-order chi connectivity index (χ0) is 80.8. The Bertz CT molecular complexity index is 2210. The van der Waals surface area contributed by atoms with Crippen molar-refractivity contribution in [2.24, 2.45) is 17.8 Å². The molecule has 110 heavy (non-hydrogen) atoms. The molecule has 17 nitrogen and oxygen atoms in total. The summed E-state index contributed by atoms with van der Waals surface area (Å²) in [4.78, 5) is 73.4. The van der Waals surface area contributed by atoms with Gasteiger partial charge < -0.3 is 33.8 Å². The molecule has 0 aromatic carbocycles. The summed E-state index contributed by atoms with van der Waals surface area (Å²) in [6.07, 6.45) is 75.8. The summed E-state index contributed by atoms with van der Waals surface area (Å²) in [5.74, 6) is 0.336. The van der Waals surface area contributed by atoms with Gasteiger partial charge in [-0.3, -0.25) is 37.3 Å². The molecule has 0 aliphatic carbocycles. The molecule has 0 spiro atoms. The third kappa shape index (κ3) is 80.7. The van der Waals surface area contributed by atoms with Gasteiger partial charge in [0.15, 0.2) is 12.2 Å². The van der Waals surface area contributed by atoms with Crippen molar-refractivity contribution in [1.82, 2.24) is 0 Å². The highest BCUT2D eigenvalue weighted by atomic mass is 31.2. The average Bonchev–Trinajstić information content (AvgIpc) is 0.896. The smallest absolute Gasteiger partial charge is 0.462 e. The predicted molar refractivity (Wildman–Crippen MR) is 455 cm³/mol. The molecule has 0 heterocycles. The average molecular weight is 1600 g/mol. The minimum atomic E-state index is -4.97. The van der Waals surface area contributed by atoms with Crippen LogP contribution in [0.15, 0.2) is 24.3 Å². The molecule has 0 amide bonds. The number of aliphatic hydroxyl groups is 1. The topological polar surface area (TPSA) is 237 Å². The van der Waals surface area contributed by atoms with Crippen molar-refractivity contribution in [2.45, 2.75) is 478 Å². The van der Waals surface area contributed by atoms with Gasteiger partial charge in [0.1, 0.15) is 19.3 Å². The number of hydrogen-bond donors (Lipinski definition) is 3. The summed E-state index contributed by atoms with van der Waals surface area (Å²) in [6.45, 7) is 12.0. The van der Waals surface area contributed by atoms with Gasteiger partial charge in [0.05, 0.1) is 26.4 Å². The van der Waals surface area contributed by atoms with Crippen molar-refractivity contribution >= 4 is 39.5 Å². The van der Waals surface area contributed by atoms with E-state index in [9.17, 15) is 43.2 Å². The van der Waals surface area contributed by atoms with Crippen LogP contribution in [0.1, 0.15) is 459 Å². The first-order valence-corrected chi connectivity index (χ1v) is 49.2. The first-order chi connectivity index (χ1) is 53.3. The molecule has 650 valence electrons. The van der Waals surface area contributed by atoms with Crippen LogP contribution in [0.3, 0.4) is 0 Å². The number of allylic oxidation sites excluding steroid dienone is 4. The number of carbonyl (C=O) groups excluding carboxylic acids is 4. The van der Waals surface area contributed by atoms with E-state index in [1.54, 1.807) is 0 Å². The SMILES string of the molecule is CCCCCC/C=C\C=C/CCCCCCCC(=O)O[C@H](COC(=O)CCCCCCCCCCC(C)CC)COP(=O)(O)OC[C@H](O)COP(=O)(O)OC[C@@H](COC(=O)CCCCCCCCCCCCCCCCCCCCC(C)C)OC(=O)CCCCCCCCCCCCCCCCCCCCC(C)CC. The third-order valence-corrected chi connectivity index (χ3v) is 23.4. The second-order valence-corrected chi connectivity index (χ2v) is 35.9. The predicted octanol–water partition coefficient (Wildman–Crippen LogP) is 27.6. The summed E-state index contributed by atoms with van der Waals surface area (Å²) in [5.41, 5.74) is 0. The van der Waals surface area contributed by atoms with Gasteiger partial charge in [-0.25, -0.2) is 9.13 Å². The second kappa shape index (κ2) is 80.3. The zero-order valence-corrected chi connectivity index (χ0v) is 74.0. The van der Waals surface area contributed by atoms with Gasteiger partial charge in [-0.05, 0) is 69.1 Å². The van der Waals surface area contributed by atoms with Gasteiger partial charge in [-0.2, -0.15) is 0 Å². The molecular formula is C91H174O17P2. The molecule has 0 rings (SSSR count). The molecule has 0 aromatic rings.